The lowest BCUT2D eigenvalue weighted by Crippen LogP contribution is -2.27. The summed E-state index contributed by atoms with van der Waals surface area (Å²) >= 11 is 0. The number of carbonyl (C=O) groups excluding carboxylic acids is 2. The number of nitrogens with one attached hydrogen (secondary N) is 1. The van der Waals surface area contributed by atoms with Gasteiger partial charge in [0.1, 0.15) is 5.82 Å². The molecule has 4 heterocycles. The van der Waals surface area contributed by atoms with Gasteiger partial charge in [0.2, 0.25) is 11.8 Å². The van der Waals surface area contributed by atoms with Crippen LogP contribution in [0.2, 0.25) is 0 Å². The average Bonchev–Trinajstić information content (AvgIpc) is 3.40. The number of allylic oxidation sites excluding steroid dienone is 1. The predicted molar refractivity (Wildman–Crippen MR) is 110 cm³/mol. The van der Waals surface area contributed by atoms with Crippen LogP contribution in [0.15, 0.2) is 36.7 Å². The van der Waals surface area contributed by atoms with Gasteiger partial charge in [-0.3, -0.25) is 14.3 Å². The number of aromatic nitrogens is 3. The maximum atomic E-state index is 12.7. The molecule has 0 aromatic carbocycles. The average molecular weight is 389 g/mol. The first-order chi connectivity index (χ1) is 14.1. The van der Waals surface area contributed by atoms with Gasteiger partial charge < -0.3 is 10.2 Å². The first kappa shape index (κ1) is 17.8. The first-order valence-electron chi connectivity index (χ1n) is 10.0. The van der Waals surface area contributed by atoms with E-state index < -0.39 is 0 Å². The number of amides is 2. The van der Waals surface area contributed by atoms with Crippen molar-refractivity contribution < 1.29 is 9.59 Å². The molecule has 5 rings (SSSR count). The van der Waals surface area contributed by atoms with Crippen LogP contribution in [0.5, 0.6) is 0 Å². The van der Waals surface area contributed by atoms with Crippen molar-refractivity contribution in [3.05, 3.63) is 53.5 Å². The summed E-state index contributed by atoms with van der Waals surface area (Å²) in [6, 6.07) is 4.05. The topological polar surface area (TPSA) is 80.1 Å². The number of nitrogens with zero attached hydrogens (tertiary/aromatic N) is 4. The van der Waals surface area contributed by atoms with E-state index in [9.17, 15) is 9.59 Å². The maximum absolute atomic E-state index is 12.7. The fourth-order valence-corrected chi connectivity index (χ4v) is 4.61. The maximum Gasteiger partial charge on any atom is 0.246 e. The number of likely N-dealkylation sites (tertiary alicyclic amines) is 1. The third-order valence-electron chi connectivity index (χ3n) is 6.14. The van der Waals surface area contributed by atoms with Crippen LogP contribution >= 0.6 is 0 Å². The van der Waals surface area contributed by atoms with Crippen LogP contribution < -0.4 is 5.32 Å². The van der Waals surface area contributed by atoms with Gasteiger partial charge >= 0.3 is 0 Å². The summed E-state index contributed by atoms with van der Waals surface area (Å²) in [6.45, 7) is 1.56. The molecular weight excluding hydrogens is 366 g/mol. The number of hydrogen-bond donors (Lipinski definition) is 1. The highest BCUT2D eigenvalue weighted by Gasteiger charge is 2.38. The van der Waals surface area contributed by atoms with Crippen molar-refractivity contribution in [2.24, 2.45) is 18.9 Å². The summed E-state index contributed by atoms with van der Waals surface area (Å²) in [5, 5.41) is 7.03. The van der Waals surface area contributed by atoms with Gasteiger partial charge in [-0.15, -0.1) is 0 Å². The lowest BCUT2D eigenvalue weighted by Gasteiger charge is -2.16. The van der Waals surface area contributed by atoms with E-state index in [-0.39, 0.29) is 11.8 Å². The van der Waals surface area contributed by atoms with Gasteiger partial charge in [0, 0.05) is 45.0 Å². The summed E-state index contributed by atoms with van der Waals surface area (Å²) in [6.07, 6.45) is 11.5. The van der Waals surface area contributed by atoms with Crippen LogP contribution in [0, 0.1) is 11.8 Å². The monoisotopic (exact) mass is 389 g/mol. The standard InChI is InChI=1S/C22H23N5O2/c1-26-19(6-7-24-26)16-9-17-12-27(13-18(17)10-16)21(29)5-2-14-8-15-3-4-20(28)25-22(15)23-11-14/h2,5-9,11,17-18H,3-4,10,12-13H2,1H3,(H,23,25,28). The second-order valence-electron chi connectivity index (χ2n) is 8.06. The van der Waals surface area contributed by atoms with Crippen molar-refractivity contribution in [1.82, 2.24) is 19.7 Å². The largest absolute Gasteiger partial charge is 0.338 e. The van der Waals surface area contributed by atoms with Gasteiger partial charge in [-0.1, -0.05) is 6.08 Å². The van der Waals surface area contributed by atoms with Crippen molar-refractivity contribution in [3.63, 3.8) is 0 Å². The van der Waals surface area contributed by atoms with E-state index in [0.29, 0.717) is 30.5 Å². The van der Waals surface area contributed by atoms with E-state index in [1.807, 2.05) is 35.0 Å². The molecule has 2 aromatic rings. The summed E-state index contributed by atoms with van der Waals surface area (Å²) in [5.74, 6) is 1.59. The SMILES string of the molecule is Cn1nccc1C1=CC2CN(C(=O)C=Cc3cnc4c(c3)CCC(=O)N4)CC2C1. The number of carbonyl (C=O) groups is 2. The van der Waals surface area contributed by atoms with Gasteiger partial charge in [0.15, 0.2) is 0 Å². The normalized spacial score (nSPS) is 23.1. The van der Waals surface area contributed by atoms with Gasteiger partial charge in [0.05, 0.1) is 5.69 Å². The molecule has 1 N–H and O–H groups in total. The fourth-order valence-electron chi connectivity index (χ4n) is 4.61. The van der Waals surface area contributed by atoms with Gasteiger partial charge in [0.25, 0.3) is 0 Å². The molecule has 0 radical (unpaired) electrons. The Bertz CT molecular complexity index is 1050. The second-order valence-corrected chi connectivity index (χ2v) is 8.06. The Labute approximate surface area is 169 Å². The quantitative estimate of drug-likeness (QED) is 0.817. The van der Waals surface area contributed by atoms with E-state index in [1.165, 1.54) is 11.3 Å². The van der Waals surface area contributed by atoms with E-state index in [2.05, 4.69) is 27.5 Å². The highest BCUT2D eigenvalue weighted by atomic mass is 16.2. The van der Waals surface area contributed by atoms with E-state index in [0.717, 1.165) is 30.6 Å². The molecule has 7 heteroatoms. The molecule has 0 spiro atoms. The smallest absolute Gasteiger partial charge is 0.246 e. The Morgan fingerprint density at radius 2 is 2.21 bits per heavy atom. The molecule has 0 saturated carbocycles. The fraction of sp³-hybridized carbons (Fsp3) is 0.364. The summed E-state index contributed by atoms with van der Waals surface area (Å²) in [7, 11) is 1.97. The van der Waals surface area contributed by atoms with Crippen LogP contribution in [-0.4, -0.2) is 44.6 Å². The van der Waals surface area contributed by atoms with Crippen molar-refractivity contribution in [2.75, 3.05) is 18.4 Å². The Morgan fingerprint density at radius 1 is 1.31 bits per heavy atom. The third kappa shape index (κ3) is 3.37. The number of hydrogen-bond acceptors (Lipinski definition) is 4. The Balaban J connectivity index is 1.23. The van der Waals surface area contributed by atoms with E-state index in [1.54, 1.807) is 12.3 Å². The van der Waals surface area contributed by atoms with Crippen LogP contribution in [0.4, 0.5) is 5.82 Å². The van der Waals surface area contributed by atoms with Gasteiger partial charge in [-0.2, -0.15) is 5.10 Å². The summed E-state index contributed by atoms with van der Waals surface area (Å²) in [4.78, 5) is 30.4. The molecule has 29 heavy (non-hydrogen) atoms. The molecule has 2 aromatic heterocycles. The van der Waals surface area contributed by atoms with Crippen molar-refractivity contribution >= 4 is 29.3 Å². The number of rotatable bonds is 3. The first-order valence-corrected chi connectivity index (χ1v) is 10.0. The van der Waals surface area contributed by atoms with Crippen molar-refractivity contribution in [2.45, 2.75) is 19.3 Å². The Hall–Kier alpha value is -3.22. The van der Waals surface area contributed by atoms with Crippen LogP contribution in [0.25, 0.3) is 11.6 Å². The van der Waals surface area contributed by atoms with Crippen molar-refractivity contribution in [3.8, 4) is 0 Å². The molecule has 2 aliphatic heterocycles. The number of aryl methyl sites for hydroxylation is 2. The minimum atomic E-state index is 0.00338. The van der Waals surface area contributed by atoms with Gasteiger partial charge in [-0.05, 0) is 59.6 Å². The molecule has 1 saturated heterocycles. The molecule has 1 aliphatic carbocycles. The molecular formula is C22H23N5O2. The predicted octanol–water partition coefficient (Wildman–Crippen LogP) is 2.27. The molecule has 2 amide bonds. The second kappa shape index (κ2) is 6.99. The summed E-state index contributed by atoms with van der Waals surface area (Å²) in [5.41, 5.74) is 4.41. The van der Waals surface area contributed by atoms with Crippen LogP contribution in [-0.2, 0) is 23.1 Å². The zero-order valence-corrected chi connectivity index (χ0v) is 16.3. The zero-order valence-electron chi connectivity index (χ0n) is 16.3. The van der Waals surface area contributed by atoms with E-state index >= 15 is 0 Å². The molecule has 2 atom stereocenters. The molecule has 148 valence electrons. The molecule has 3 aliphatic rings. The highest BCUT2D eigenvalue weighted by Crippen LogP contribution is 2.40. The number of fused-ring (bicyclic) bond motifs is 2. The number of pyridine rings is 1. The lowest BCUT2D eigenvalue weighted by molar-refractivity contribution is -0.125. The summed E-state index contributed by atoms with van der Waals surface area (Å²) < 4.78 is 1.91. The molecule has 7 nitrogen and oxygen atoms in total. The Morgan fingerprint density at radius 3 is 3.00 bits per heavy atom. The van der Waals surface area contributed by atoms with Crippen LogP contribution in [0.1, 0.15) is 29.7 Å². The Kier molecular flexibility index (Phi) is 4.30. The van der Waals surface area contributed by atoms with E-state index in [4.69, 9.17) is 0 Å². The van der Waals surface area contributed by atoms with Crippen LogP contribution in [0.3, 0.4) is 0 Å². The molecule has 0 bridgehead atoms. The highest BCUT2D eigenvalue weighted by molar-refractivity contribution is 5.94. The van der Waals surface area contributed by atoms with Gasteiger partial charge in [-0.25, -0.2) is 4.98 Å². The minimum Gasteiger partial charge on any atom is -0.338 e. The van der Waals surface area contributed by atoms with Crippen molar-refractivity contribution in [1.29, 1.82) is 0 Å². The minimum absolute atomic E-state index is 0.00338. The number of anilines is 1. The molecule has 2 unspecified atom stereocenters. The zero-order chi connectivity index (χ0) is 20.0. The molecule has 1 fully saturated rings. The lowest BCUT2D eigenvalue weighted by atomic mass is 9.99. The third-order valence-corrected chi connectivity index (χ3v) is 6.14.